The van der Waals surface area contributed by atoms with Crippen LogP contribution in [0.3, 0.4) is 0 Å². The van der Waals surface area contributed by atoms with Crippen LogP contribution in [0.4, 0.5) is 0 Å². The molecule has 2 rings (SSSR count). The molecule has 1 aromatic heterocycles. The highest BCUT2D eigenvalue weighted by Gasteiger charge is 2.09. The summed E-state index contributed by atoms with van der Waals surface area (Å²) < 4.78 is 2.93. The van der Waals surface area contributed by atoms with Gasteiger partial charge in [-0.15, -0.1) is 0 Å². The Morgan fingerprint density at radius 2 is 1.80 bits per heavy atom. The number of unbranched alkanes of at least 4 members (excludes halogenated alkanes) is 1. The van der Waals surface area contributed by atoms with Gasteiger partial charge in [-0.3, -0.25) is 14.2 Å². The fourth-order valence-corrected chi connectivity index (χ4v) is 2.20. The second-order valence-corrected chi connectivity index (χ2v) is 5.04. The zero-order valence-electron chi connectivity index (χ0n) is 12.2. The molecule has 0 N–H and O–H groups in total. The molecule has 0 aliphatic rings. The lowest BCUT2D eigenvalue weighted by atomic mass is 10.1. The summed E-state index contributed by atoms with van der Waals surface area (Å²) in [6.07, 6.45) is 5.27. The smallest absolute Gasteiger partial charge is 0.309 e. The number of rotatable bonds is 4. The Labute approximate surface area is 118 Å². The Bertz CT molecular complexity index is 726. The summed E-state index contributed by atoms with van der Waals surface area (Å²) in [6.45, 7) is 6.60. The molecule has 106 valence electrons. The molecule has 0 radical (unpaired) electrons. The summed E-state index contributed by atoms with van der Waals surface area (Å²) in [7, 11) is 0. The van der Waals surface area contributed by atoms with Crippen LogP contribution in [0.1, 0.15) is 30.9 Å². The summed E-state index contributed by atoms with van der Waals surface area (Å²) in [6, 6.07) is 5.75. The Hall–Kier alpha value is -2.10. The van der Waals surface area contributed by atoms with Crippen LogP contribution in [0.15, 0.2) is 40.2 Å². The Kier molecular flexibility index (Phi) is 4.23. The zero-order valence-corrected chi connectivity index (χ0v) is 12.2. The van der Waals surface area contributed by atoms with Crippen molar-refractivity contribution in [3.63, 3.8) is 0 Å². The van der Waals surface area contributed by atoms with E-state index in [4.69, 9.17) is 0 Å². The van der Waals surface area contributed by atoms with Gasteiger partial charge in [0.25, 0.3) is 0 Å². The minimum atomic E-state index is -0.489. The maximum Gasteiger partial charge on any atom is 0.320 e. The van der Waals surface area contributed by atoms with Crippen molar-refractivity contribution >= 4 is 0 Å². The number of aryl methyl sites for hydroxylation is 2. The monoisotopic (exact) mass is 272 g/mol. The SMILES string of the molecule is CCCCn1ccn(-c2cccc(C)c2C)c(=O)c1=O. The lowest BCUT2D eigenvalue weighted by molar-refractivity contribution is 0.598. The normalized spacial score (nSPS) is 10.8. The molecule has 1 aromatic carbocycles. The van der Waals surface area contributed by atoms with Crippen molar-refractivity contribution < 1.29 is 0 Å². The van der Waals surface area contributed by atoms with Gasteiger partial charge in [0, 0.05) is 18.9 Å². The molecule has 0 aliphatic heterocycles. The summed E-state index contributed by atoms with van der Waals surface area (Å²) in [5.41, 5.74) is 1.94. The van der Waals surface area contributed by atoms with Gasteiger partial charge in [0.1, 0.15) is 0 Å². The van der Waals surface area contributed by atoms with Crippen LogP contribution in [0.2, 0.25) is 0 Å². The van der Waals surface area contributed by atoms with Crippen LogP contribution in [-0.2, 0) is 6.54 Å². The van der Waals surface area contributed by atoms with E-state index in [1.807, 2.05) is 32.0 Å². The highest BCUT2D eigenvalue weighted by atomic mass is 16.2. The Balaban J connectivity index is 2.55. The zero-order chi connectivity index (χ0) is 14.7. The number of benzene rings is 1. The topological polar surface area (TPSA) is 44.0 Å². The summed E-state index contributed by atoms with van der Waals surface area (Å²) in [5.74, 6) is 0. The van der Waals surface area contributed by atoms with Gasteiger partial charge in [0.05, 0.1) is 5.69 Å². The van der Waals surface area contributed by atoms with E-state index in [0.29, 0.717) is 6.54 Å². The lowest BCUT2D eigenvalue weighted by Crippen LogP contribution is -2.40. The standard InChI is InChI=1S/C16H20N2O2/c1-4-5-9-17-10-11-18(16(20)15(17)19)14-8-6-7-12(2)13(14)3/h6-8,10-11H,4-5,9H2,1-3H3. The predicted molar refractivity (Wildman–Crippen MR) is 80.7 cm³/mol. The van der Waals surface area contributed by atoms with Crippen molar-refractivity contribution in [1.82, 2.24) is 9.13 Å². The largest absolute Gasteiger partial charge is 0.320 e. The first kappa shape index (κ1) is 14.3. The van der Waals surface area contributed by atoms with E-state index >= 15 is 0 Å². The van der Waals surface area contributed by atoms with Crippen molar-refractivity contribution in [2.24, 2.45) is 0 Å². The van der Waals surface area contributed by atoms with E-state index in [1.165, 1.54) is 9.13 Å². The fraction of sp³-hybridized carbons (Fsp3) is 0.375. The van der Waals surface area contributed by atoms with Crippen LogP contribution in [0, 0.1) is 13.8 Å². The third-order valence-corrected chi connectivity index (χ3v) is 3.65. The van der Waals surface area contributed by atoms with E-state index in [-0.39, 0.29) is 0 Å². The predicted octanol–water partition coefficient (Wildman–Crippen LogP) is 2.42. The van der Waals surface area contributed by atoms with Gasteiger partial charge in [0.15, 0.2) is 0 Å². The highest BCUT2D eigenvalue weighted by molar-refractivity contribution is 5.44. The van der Waals surface area contributed by atoms with Gasteiger partial charge < -0.3 is 4.57 Å². The second kappa shape index (κ2) is 5.90. The number of nitrogens with zero attached hydrogens (tertiary/aromatic N) is 2. The Morgan fingerprint density at radius 3 is 2.50 bits per heavy atom. The van der Waals surface area contributed by atoms with Gasteiger partial charge in [-0.2, -0.15) is 0 Å². The maximum absolute atomic E-state index is 12.2. The average Bonchev–Trinajstić information content (AvgIpc) is 2.44. The van der Waals surface area contributed by atoms with Crippen molar-refractivity contribution in [2.75, 3.05) is 0 Å². The summed E-state index contributed by atoms with van der Waals surface area (Å²) >= 11 is 0. The van der Waals surface area contributed by atoms with Crippen molar-refractivity contribution in [3.8, 4) is 5.69 Å². The van der Waals surface area contributed by atoms with E-state index in [0.717, 1.165) is 29.7 Å². The molecule has 4 heteroatoms. The molecule has 20 heavy (non-hydrogen) atoms. The maximum atomic E-state index is 12.2. The van der Waals surface area contributed by atoms with Gasteiger partial charge in [-0.05, 0) is 37.5 Å². The quantitative estimate of drug-likeness (QED) is 0.802. The van der Waals surface area contributed by atoms with Crippen LogP contribution in [-0.4, -0.2) is 9.13 Å². The van der Waals surface area contributed by atoms with Crippen molar-refractivity contribution in [2.45, 2.75) is 40.2 Å². The van der Waals surface area contributed by atoms with Crippen molar-refractivity contribution in [1.29, 1.82) is 0 Å². The van der Waals surface area contributed by atoms with Crippen LogP contribution in [0.25, 0.3) is 5.69 Å². The van der Waals surface area contributed by atoms with E-state index in [1.54, 1.807) is 12.4 Å². The third-order valence-electron chi connectivity index (χ3n) is 3.65. The molecule has 4 nitrogen and oxygen atoms in total. The van der Waals surface area contributed by atoms with Gasteiger partial charge >= 0.3 is 11.1 Å². The minimum absolute atomic E-state index is 0.457. The Morgan fingerprint density at radius 1 is 1.05 bits per heavy atom. The van der Waals surface area contributed by atoms with Crippen LogP contribution < -0.4 is 11.1 Å². The molecule has 0 aliphatic carbocycles. The molecule has 0 bridgehead atoms. The van der Waals surface area contributed by atoms with Crippen LogP contribution >= 0.6 is 0 Å². The summed E-state index contributed by atoms with van der Waals surface area (Å²) in [5, 5.41) is 0. The molecule has 0 saturated heterocycles. The number of hydrogen-bond acceptors (Lipinski definition) is 2. The fourth-order valence-electron chi connectivity index (χ4n) is 2.20. The molecule has 0 spiro atoms. The second-order valence-electron chi connectivity index (χ2n) is 5.04. The van der Waals surface area contributed by atoms with Gasteiger partial charge in [-0.1, -0.05) is 25.5 Å². The molecular weight excluding hydrogens is 252 g/mol. The minimum Gasteiger partial charge on any atom is -0.309 e. The number of aromatic nitrogens is 2. The molecule has 0 atom stereocenters. The van der Waals surface area contributed by atoms with E-state index in [2.05, 4.69) is 6.92 Å². The average molecular weight is 272 g/mol. The van der Waals surface area contributed by atoms with E-state index in [9.17, 15) is 9.59 Å². The van der Waals surface area contributed by atoms with Gasteiger partial charge in [-0.25, -0.2) is 0 Å². The summed E-state index contributed by atoms with van der Waals surface area (Å²) in [4.78, 5) is 24.3. The molecule has 0 amide bonds. The molecule has 0 unspecified atom stereocenters. The lowest BCUT2D eigenvalue weighted by Gasteiger charge is -2.12. The molecule has 0 saturated carbocycles. The molecular formula is C16H20N2O2. The first-order valence-electron chi connectivity index (χ1n) is 6.95. The number of hydrogen-bond donors (Lipinski definition) is 0. The van der Waals surface area contributed by atoms with Gasteiger partial charge in [0.2, 0.25) is 0 Å². The third kappa shape index (κ3) is 2.59. The first-order valence-corrected chi connectivity index (χ1v) is 6.95. The molecule has 2 aromatic rings. The van der Waals surface area contributed by atoms with Crippen LogP contribution in [0.5, 0.6) is 0 Å². The molecule has 0 fully saturated rings. The highest BCUT2D eigenvalue weighted by Crippen LogP contribution is 2.15. The van der Waals surface area contributed by atoms with Crippen molar-refractivity contribution in [3.05, 3.63) is 62.4 Å². The first-order chi connectivity index (χ1) is 9.56. The molecule has 1 heterocycles. The van der Waals surface area contributed by atoms with E-state index < -0.39 is 11.1 Å².